The maximum Gasteiger partial charge on any atom is 0.322 e. The van der Waals surface area contributed by atoms with Crippen LogP contribution in [-0.2, 0) is 4.79 Å². The molecule has 0 unspecified atom stereocenters. The maximum absolute atomic E-state index is 12.9. The average Bonchev–Trinajstić information content (AvgIpc) is 2.62. The molecule has 0 spiro atoms. The Labute approximate surface area is 164 Å². The van der Waals surface area contributed by atoms with Crippen LogP contribution in [0.15, 0.2) is 27.4 Å². The predicted octanol–water partition coefficient (Wildman–Crippen LogP) is 4.81. The Morgan fingerprint density at radius 2 is 1.50 bits per heavy atom. The second-order valence-corrected chi connectivity index (χ2v) is 7.39. The summed E-state index contributed by atoms with van der Waals surface area (Å²) in [4.78, 5) is 23.7. The summed E-state index contributed by atoms with van der Waals surface area (Å²) in [5.41, 5.74) is 8.47. The second kappa shape index (κ2) is 7.15. The molecule has 0 amide bonds. The van der Waals surface area contributed by atoms with Crippen molar-refractivity contribution < 1.29 is 14.3 Å². The summed E-state index contributed by atoms with van der Waals surface area (Å²) in [5.74, 6) is -0.418. The van der Waals surface area contributed by atoms with Gasteiger partial charge in [-0.1, -0.05) is 0 Å². The van der Waals surface area contributed by atoms with Gasteiger partial charge in [0, 0.05) is 23.4 Å². The van der Waals surface area contributed by atoms with Gasteiger partial charge in [-0.25, -0.2) is 0 Å². The summed E-state index contributed by atoms with van der Waals surface area (Å²) in [5, 5.41) is 12.3. The van der Waals surface area contributed by atoms with Crippen molar-refractivity contribution in [1.29, 1.82) is 0 Å². The monoisotopic (exact) mass is 379 g/mol. The van der Waals surface area contributed by atoms with Crippen molar-refractivity contribution in [1.82, 2.24) is 0 Å². The highest BCUT2D eigenvalue weighted by atomic mass is 16.4. The number of hydrogen-bond donors (Lipinski definition) is 2. The van der Waals surface area contributed by atoms with E-state index in [1.54, 1.807) is 18.2 Å². The standard InChI is InChI=1S/C23H25NO4/c1-11-7-17(24-10-21(26)27)8-19-22(11)18(25)9-20(28-19)23-15(5)13(3)12(2)14(4)16(23)6/h7-9,24H,10H2,1-6H3,(H,26,27). The quantitative estimate of drug-likeness (QED) is 0.680. The molecule has 0 radical (unpaired) electrons. The molecule has 0 atom stereocenters. The van der Waals surface area contributed by atoms with E-state index in [0.29, 0.717) is 22.4 Å². The molecule has 1 aromatic heterocycles. The van der Waals surface area contributed by atoms with Gasteiger partial charge >= 0.3 is 5.97 Å². The van der Waals surface area contributed by atoms with Crippen LogP contribution in [0.2, 0.25) is 0 Å². The third-order valence-electron chi connectivity index (χ3n) is 5.72. The summed E-state index contributed by atoms with van der Waals surface area (Å²) in [6.45, 7) is 12.0. The van der Waals surface area contributed by atoms with Gasteiger partial charge in [-0.05, 0) is 81.0 Å². The minimum Gasteiger partial charge on any atom is -0.480 e. The molecule has 0 saturated carbocycles. The van der Waals surface area contributed by atoms with E-state index in [1.807, 2.05) is 20.8 Å². The number of anilines is 1. The number of nitrogens with one attached hydrogen (secondary N) is 1. The highest BCUT2D eigenvalue weighted by Gasteiger charge is 2.18. The lowest BCUT2D eigenvalue weighted by molar-refractivity contribution is -0.134. The van der Waals surface area contributed by atoms with Crippen LogP contribution in [0.4, 0.5) is 5.69 Å². The molecule has 5 heteroatoms. The molecule has 0 aliphatic heterocycles. The largest absolute Gasteiger partial charge is 0.480 e. The molecular formula is C23H25NO4. The zero-order valence-electron chi connectivity index (χ0n) is 17.1. The third-order valence-corrected chi connectivity index (χ3v) is 5.72. The Bertz CT molecular complexity index is 1140. The number of rotatable bonds is 4. The summed E-state index contributed by atoms with van der Waals surface area (Å²) >= 11 is 0. The van der Waals surface area contributed by atoms with E-state index in [1.165, 1.54) is 16.7 Å². The van der Waals surface area contributed by atoms with E-state index < -0.39 is 5.97 Å². The molecule has 0 bridgehead atoms. The molecule has 0 aliphatic carbocycles. The van der Waals surface area contributed by atoms with Gasteiger partial charge in [0.2, 0.25) is 0 Å². The average molecular weight is 379 g/mol. The van der Waals surface area contributed by atoms with E-state index in [4.69, 9.17) is 9.52 Å². The Morgan fingerprint density at radius 3 is 2.07 bits per heavy atom. The van der Waals surface area contributed by atoms with Gasteiger partial charge < -0.3 is 14.8 Å². The fraction of sp³-hybridized carbons (Fsp3) is 0.304. The van der Waals surface area contributed by atoms with Crippen molar-refractivity contribution in [2.45, 2.75) is 41.5 Å². The fourth-order valence-electron chi connectivity index (χ4n) is 3.76. The number of aryl methyl sites for hydroxylation is 1. The van der Waals surface area contributed by atoms with Gasteiger partial charge in [-0.2, -0.15) is 0 Å². The minimum atomic E-state index is -0.954. The molecular weight excluding hydrogens is 354 g/mol. The summed E-state index contributed by atoms with van der Waals surface area (Å²) in [6, 6.07) is 5.01. The zero-order valence-corrected chi connectivity index (χ0v) is 17.1. The summed E-state index contributed by atoms with van der Waals surface area (Å²) in [7, 11) is 0. The lowest BCUT2D eigenvalue weighted by atomic mass is 9.88. The predicted molar refractivity (Wildman–Crippen MR) is 112 cm³/mol. The molecule has 5 nitrogen and oxygen atoms in total. The van der Waals surface area contributed by atoms with E-state index in [2.05, 4.69) is 26.1 Å². The van der Waals surface area contributed by atoms with Crippen LogP contribution in [0.3, 0.4) is 0 Å². The first-order chi connectivity index (χ1) is 13.1. The molecule has 2 N–H and O–H groups in total. The molecule has 2 aromatic carbocycles. The Kier molecular flexibility index (Phi) is 5.02. The van der Waals surface area contributed by atoms with Gasteiger partial charge in [0.05, 0.1) is 5.39 Å². The van der Waals surface area contributed by atoms with Crippen molar-refractivity contribution in [2.75, 3.05) is 11.9 Å². The van der Waals surface area contributed by atoms with Crippen LogP contribution in [0, 0.1) is 41.5 Å². The fourth-order valence-corrected chi connectivity index (χ4v) is 3.76. The maximum atomic E-state index is 12.9. The summed E-state index contributed by atoms with van der Waals surface area (Å²) < 4.78 is 6.18. The zero-order chi connectivity index (χ0) is 20.7. The van der Waals surface area contributed by atoms with Gasteiger partial charge in [-0.15, -0.1) is 0 Å². The topological polar surface area (TPSA) is 79.5 Å². The van der Waals surface area contributed by atoms with Crippen molar-refractivity contribution >= 4 is 22.6 Å². The van der Waals surface area contributed by atoms with E-state index in [0.717, 1.165) is 22.3 Å². The molecule has 3 aromatic rings. The lowest BCUT2D eigenvalue weighted by Crippen LogP contribution is -2.13. The summed E-state index contributed by atoms with van der Waals surface area (Å²) in [6.07, 6.45) is 0. The first kappa shape index (κ1) is 19.7. The molecule has 28 heavy (non-hydrogen) atoms. The molecule has 1 heterocycles. The number of hydrogen-bond acceptors (Lipinski definition) is 4. The number of aliphatic carboxylic acids is 1. The lowest BCUT2D eigenvalue weighted by Gasteiger charge is -2.18. The number of carbonyl (C=O) groups is 1. The Balaban J connectivity index is 2.27. The van der Waals surface area contributed by atoms with Crippen LogP contribution in [0.1, 0.15) is 33.4 Å². The first-order valence-electron chi connectivity index (χ1n) is 9.23. The van der Waals surface area contributed by atoms with Crippen LogP contribution in [0.25, 0.3) is 22.3 Å². The minimum absolute atomic E-state index is 0.104. The Morgan fingerprint density at radius 1 is 0.929 bits per heavy atom. The van der Waals surface area contributed by atoms with Crippen LogP contribution < -0.4 is 10.7 Å². The molecule has 0 aliphatic rings. The van der Waals surface area contributed by atoms with Gasteiger partial charge in [0.15, 0.2) is 5.43 Å². The van der Waals surface area contributed by atoms with Gasteiger partial charge in [0.1, 0.15) is 17.9 Å². The van der Waals surface area contributed by atoms with E-state index >= 15 is 0 Å². The van der Waals surface area contributed by atoms with Crippen LogP contribution in [-0.4, -0.2) is 17.6 Å². The van der Waals surface area contributed by atoms with Crippen molar-refractivity contribution in [3.05, 3.63) is 61.8 Å². The highest BCUT2D eigenvalue weighted by Crippen LogP contribution is 2.35. The van der Waals surface area contributed by atoms with Gasteiger partial charge in [-0.3, -0.25) is 9.59 Å². The van der Waals surface area contributed by atoms with Crippen molar-refractivity contribution in [3.63, 3.8) is 0 Å². The number of carboxylic acids is 1. The number of fused-ring (bicyclic) bond motifs is 1. The smallest absolute Gasteiger partial charge is 0.322 e. The van der Waals surface area contributed by atoms with Crippen LogP contribution in [0.5, 0.6) is 0 Å². The molecule has 0 fully saturated rings. The third kappa shape index (κ3) is 3.28. The number of carboxylic acid groups (broad SMARTS) is 1. The Hall–Kier alpha value is -3.08. The van der Waals surface area contributed by atoms with Crippen LogP contribution >= 0.6 is 0 Å². The molecule has 146 valence electrons. The highest BCUT2D eigenvalue weighted by molar-refractivity contribution is 5.86. The van der Waals surface area contributed by atoms with Crippen molar-refractivity contribution in [3.8, 4) is 11.3 Å². The first-order valence-corrected chi connectivity index (χ1v) is 9.23. The van der Waals surface area contributed by atoms with E-state index in [-0.39, 0.29) is 12.0 Å². The SMILES string of the molecule is Cc1c(C)c(C)c(-c2cc(=O)c3c(C)cc(NCC(=O)O)cc3o2)c(C)c1C. The van der Waals surface area contributed by atoms with Gasteiger partial charge in [0.25, 0.3) is 0 Å². The molecule has 3 rings (SSSR count). The second-order valence-electron chi connectivity index (χ2n) is 7.39. The van der Waals surface area contributed by atoms with E-state index in [9.17, 15) is 9.59 Å². The molecule has 0 saturated heterocycles. The normalized spacial score (nSPS) is 11.1. The number of benzene rings is 2. The van der Waals surface area contributed by atoms with Crippen molar-refractivity contribution in [2.24, 2.45) is 0 Å².